The maximum atomic E-state index is 12.2. The van der Waals surface area contributed by atoms with Crippen molar-refractivity contribution in [2.75, 3.05) is 0 Å². The van der Waals surface area contributed by atoms with E-state index in [1.807, 2.05) is 49.4 Å². The normalized spacial score (nSPS) is 19.0. The number of aromatic nitrogens is 1. The molecule has 0 bridgehead atoms. The predicted molar refractivity (Wildman–Crippen MR) is 105 cm³/mol. The number of carbonyl (C=O) groups is 1. The van der Waals surface area contributed by atoms with Crippen molar-refractivity contribution in [3.8, 4) is 0 Å². The first kappa shape index (κ1) is 16.7. The van der Waals surface area contributed by atoms with Gasteiger partial charge in [-0.05, 0) is 36.5 Å². The number of benzene rings is 2. The van der Waals surface area contributed by atoms with Gasteiger partial charge in [-0.3, -0.25) is 4.79 Å². The molecule has 2 aromatic carbocycles. The van der Waals surface area contributed by atoms with Crippen LogP contribution in [0.3, 0.4) is 0 Å². The highest BCUT2D eigenvalue weighted by molar-refractivity contribution is 6.32. The minimum Gasteiger partial charge on any atom is -0.273 e. The number of rotatable bonds is 4. The van der Waals surface area contributed by atoms with Gasteiger partial charge < -0.3 is 0 Å². The van der Waals surface area contributed by atoms with E-state index in [4.69, 9.17) is 11.6 Å². The van der Waals surface area contributed by atoms with Crippen molar-refractivity contribution in [3.05, 3.63) is 76.4 Å². The second kappa shape index (κ2) is 6.89. The summed E-state index contributed by atoms with van der Waals surface area (Å²) < 4.78 is 0. The van der Waals surface area contributed by atoms with Gasteiger partial charge in [-0.15, -0.1) is 0 Å². The summed E-state index contributed by atoms with van der Waals surface area (Å²) in [5, 5.41) is 5.44. The highest BCUT2D eigenvalue weighted by atomic mass is 35.5. The highest BCUT2D eigenvalue weighted by Gasteiger charge is 2.43. The molecule has 0 saturated heterocycles. The van der Waals surface area contributed by atoms with Crippen LogP contribution in [0.5, 0.6) is 0 Å². The van der Waals surface area contributed by atoms with Crippen LogP contribution in [0.15, 0.2) is 59.7 Å². The lowest BCUT2D eigenvalue weighted by atomic mass is 10.1. The van der Waals surface area contributed by atoms with E-state index >= 15 is 0 Å². The van der Waals surface area contributed by atoms with Crippen molar-refractivity contribution in [3.63, 3.8) is 0 Å². The van der Waals surface area contributed by atoms with Gasteiger partial charge in [0.05, 0.1) is 11.7 Å². The number of hydrogen-bond acceptors (Lipinski definition) is 3. The lowest BCUT2D eigenvalue weighted by molar-refractivity contribution is -0.122. The van der Waals surface area contributed by atoms with Gasteiger partial charge in [0.2, 0.25) is 5.91 Å². The summed E-state index contributed by atoms with van der Waals surface area (Å²) in [6, 6.07) is 18.0. The fourth-order valence-electron chi connectivity index (χ4n) is 3.23. The van der Waals surface area contributed by atoms with Crippen molar-refractivity contribution >= 4 is 34.6 Å². The third-order valence-electron chi connectivity index (χ3n) is 4.76. The molecule has 1 saturated carbocycles. The topological polar surface area (TPSA) is 54.4 Å². The second-order valence-electron chi connectivity index (χ2n) is 6.61. The first-order valence-corrected chi connectivity index (χ1v) is 8.95. The van der Waals surface area contributed by atoms with E-state index in [0.29, 0.717) is 16.6 Å². The molecule has 1 aliphatic carbocycles. The van der Waals surface area contributed by atoms with E-state index in [0.717, 1.165) is 22.9 Å². The van der Waals surface area contributed by atoms with Crippen molar-refractivity contribution in [1.29, 1.82) is 0 Å². The van der Waals surface area contributed by atoms with E-state index in [1.165, 1.54) is 5.56 Å². The van der Waals surface area contributed by atoms with Gasteiger partial charge in [0, 0.05) is 16.9 Å². The number of nitrogens with one attached hydrogen (secondary N) is 1. The Balaban J connectivity index is 1.44. The quantitative estimate of drug-likeness (QED) is 0.423. The van der Waals surface area contributed by atoms with Crippen LogP contribution in [-0.2, 0) is 4.79 Å². The standard InChI is InChI=1S/C21H18ClN3O/c1-13-6-5-9-15-10-16(20(22)24-19(13)15)12-23-25-21(26)18-11-17(18)14-7-3-2-4-8-14/h2-10,12,17-18H,11H2,1H3,(H,25,26)/b23-12-/t17-,18+/m1/s1. The molecule has 1 aromatic heterocycles. The molecular formula is C21H18ClN3O. The van der Waals surface area contributed by atoms with Crippen LogP contribution in [-0.4, -0.2) is 17.1 Å². The van der Waals surface area contributed by atoms with E-state index in [2.05, 4.69) is 27.6 Å². The largest absolute Gasteiger partial charge is 0.273 e. The minimum atomic E-state index is -0.0594. The van der Waals surface area contributed by atoms with E-state index < -0.39 is 0 Å². The summed E-state index contributed by atoms with van der Waals surface area (Å²) in [4.78, 5) is 16.7. The van der Waals surface area contributed by atoms with E-state index in [1.54, 1.807) is 6.21 Å². The molecule has 1 amide bonds. The molecule has 0 spiro atoms. The summed E-state index contributed by atoms with van der Waals surface area (Å²) in [6.45, 7) is 2.00. The number of fused-ring (bicyclic) bond motifs is 1. The lowest BCUT2D eigenvalue weighted by Crippen LogP contribution is -2.20. The summed E-state index contributed by atoms with van der Waals surface area (Å²) in [7, 11) is 0. The number of aryl methyl sites for hydroxylation is 1. The minimum absolute atomic E-state index is 0.0117. The number of pyridine rings is 1. The van der Waals surface area contributed by atoms with Crippen molar-refractivity contribution in [1.82, 2.24) is 10.4 Å². The maximum Gasteiger partial charge on any atom is 0.243 e. The molecule has 26 heavy (non-hydrogen) atoms. The Morgan fingerprint density at radius 2 is 2.04 bits per heavy atom. The van der Waals surface area contributed by atoms with E-state index in [9.17, 15) is 4.79 Å². The van der Waals surface area contributed by atoms with Crippen LogP contribution in [0.25, 0.3) is 10.9 Å². The number of hydrogen-bond donors (Lipinski definition) is 1. The van der Waals surface area contributed by atoms with Crippen molar-refractivity contribution < 1.29 is 4.79 Å². The third-order valence-corrected chi connectivity index (χ3v) is 5.06. The number of halogens is 1. The number of para-hydroxylation sites is 1. The third kappa shape index (κ3) is 3.33. The SMILES string of the molecule is Cc1cccc2cc(/C=N\NC(=O)[C@H]3C[C@@H]3c3ccccc3)c(Cl)nc12. The van der Waals surface area contributed by atoms with Crippen LogP contribution < -0.4 is 5.43 Å². The second-order valence-corrected chi connectivity index (χ2v) is 6.97. The number of hydrazone groups is 1. The fraction of sp³-hybridized carbons (Fsp3) is 0.190. The Hall–Kier alpha value is -2.72. The summed E-state index contributed by atoms with van der Waals surface area (Å²) in [5.41, 5.74) is 6.46. The smallest absolute Gasteiger partial charge is 0.243 e. The Kier molecular flexibility index (Phi) is 4.43. The molecular weight excluding hydrogens is 346 g/mol. The molecule has 1 heterocycles. The number of nitrogens with zero attached hydrogens (tertiary/aromatic N) is 2. The van der Waals surface area contributed by atoms with Gasteiger partial charge in [0.15, 0.2) is 0 Å². The predicted octanol–water partition coefficient (Wildman–Crippen LogP) is 4.45. The Bertz CT molecular complexity index is 1000. The molecule has 0 radical (unpaired) electrons. The molecule has 4 rings (SSSR count). The maximum absolute atomic E-state index is 12.2. The first-order valence-electron chi connectivity index (χ1n) is 8.57. The van der Waals surface area contributed by atoms with Crippen LogP contribution in [0.1, 0.15) is 29.0 Å². The Labute approximate surface area is 156 Å². The van der Waals surface area contributed by atoms with Crippen molar-refractivity contribution in [2.45, 2.75) is 19.3 Å². The molecule has 5 heteroatoms. The summed E-state index contributed by atoms with van der Waals surface area (Å²) in [5.74, 6) is 0.221. The molecule has 3 aromatic rings. The number of amides is 1. The lowest BCUT2D eigenvalue weighted by Gasteiger charge is -2.04. The van der Waals surface area contributed by atoms with Gasteiger partial charge in [0.1, 0.15) is 5.15 Å². The highest BCUT2D eigenvalue weighted by Crippen LogP contribution is 2.47. The zero-order chi connectivity index (χ0) is 18.1. The van der Waals surface area contributed by atoms with Crippen LogP contribution in [0.4, 0.5) is 0 Å². The zero-order valence-corrected chi connectivity index (χ0v) is 15.1. The molecule has 0 unspecified atom stereocenters. The molecule has 2 atom stereocenters. The molecule has 130 valence electrons. The Morgan fingerprint density at radius 3 is 2.85 bits per heavy atom. The van der Waals surface area contributed by atoms with Gasteiger partial charge in [-0.2, -0.15) is 5.10 Å². The average molecular weight is 364 g/mol. The van der Waals surface area contributed by atoms with Gasteiger partial charge >= 0.3 is 0 Å². The van der Waals surface area contributed by atoms with Crippen LogP contribution in [0.2, 0.25) is 5.15 Å². The molecule has 4 nitrogen and oxygen atoms in total. The fourth-order valence-corrected chi connectivity index (χ4v) is 3.42. The molecule has 1 fully saturated rings. The zero-order valence-electron chi connectivity index (χ0n) is 14.3. The molecule has 1 aliphatic rings. The summed E-state index contributed by atoms with van der Waals surface area (Å²) in [6.07, 6.45) is 2.41. The number of carbonyl (C=O) groups excluding carboxylic acids is 1. The molecule has 0 aliphatic heterocycles. The van der Waals surface area contributed by atoms with Gasteiger partial charge in [0.25, 0.3) is 0 Å². The first-order chi connectivity index (χ1) is 12.6. The molecule has 1 N–H and O–H groups in total. The van der Waals surface area contributed by atoms with Crippen LogP contribution in [0, 0.1) is 12.8 Å². The van der Waals surface area contributed by atoms with Gasteiger partial charge in [-0.1, -0.05) is 60.1 Å². The average Bonchev–Trinajstić information content (AvgIpc) is 3.45. The van der Waals surface area contributed by atoms with Crippen LogP contribution >= 0.6 is 11.6 Å². The summed E-state index contributed by atoms with van der Waals surface area (Å²) >= 11 is 6.25. The van der Waals surface area contributed by atoms with Crippen molar-refractivity contribution in [2.24, 2.45) is 11.0 Å². The van der Waals surface area contributed by atoms with Gasteiger partial charge in [-0.25, -0.2) is 10.4 Å². The van der Waals surface area contributed by atoms with E-state index in [-0.39, 0.29) is 11.8 Å². The monoisotopic (exact) mass is 363 g/mol. The Morgan fingerprint density at radius 1 is 1.23 bits per heavy atom.